The number of alkyl halides is 6. The van der Waals surface area contributed by atoms with Crippen LogP contribution in [0.1, 0.15) is 31.4 Å². The first kappa shape index (κ1) is 17.6. The van der Waals surface area contributed by atoms with Gasteiger partial charge >= 0.3 is 12.5 Å². The van der Waals surface area contributed by atoms with Crippen molar-refractivity contribution in [3.05, 3.63) is 29.8 Å². The van der Waals surface area contributed by atoms with Crippen molar-refractivity contribution in [1.82, 2.24) is 5.32 Å². The second-order valence-corrected chi connectivity index (χ2v) is 4.38. The highest BCUT2D eigenvalue weighted by molar-refractivity contribution is 5.30. The van der Waals surface area contributed by atoms with Crippen LogP contribution in [0.15, 0.2) is 24.3 Å². The lowest BCUT2D eigenvalue weighted by Gasteiger charge is -2.20. The molecule has 2 nitrogen and oxygen atoms in total. The molecule has 0 saturated heterocycles. The molecule has 0 heterocycles. The average molecular weight is 315 g/mol. The first-order valence-corrected chi connectivity index (χ1v) is 6.26. The predicted molar refractivity (Wildman–Crippen MR) is 64.8 cm³/mol. The van der Waals surface area contributed by atoms with Crippen molar-refractivity contribution in [3.8, 4) is 5.75 Å². The molecule has 21 heavy (non-hydrogen) atoms. The Balaban J connectivity index is 2.85. The van der Waals surface area contributed by atoms with Crippen LogP contribution in [0.3, 0.4) is 0 Å². The summed E-state index contributed by atoms with van der Waals surface area (Å²) in [7, 11) is 0. The van der Waals surface area contributed by atoms with Crippen molar-refractivity contribution >= 4 is 0 Å². The van der Waals surface area contributed by atoms with Gasteiger partial charge < -0.3 is 10.1 Å². The normalized spacial score (nSPS) is 14.0. The highest BCUT2D eigenvalue weighted by atomic mass is 19.4. The summed E-state index contributed by atoms with van der Waals surface area (Å²) in [6.07, 6.45) is -10.4. The molecule has 1 N–H and O–H groups in total. The van der Waals surface area contributed by atoms with Crippen LogP contribution in [-0.2, 0) is 0 Å². The van der Waals surface area contributed by atoms with Crippen LogP contribution in [0, 0.1) is 0 Å². The molecule has 120 valence electrons. The Bertz CT molecular complexity index is 443. The monoisotopic (exact) mass is 315 g/mol. The third kappa shape index (κ3) is 7.22. The summed E-state index contributed by atoms with van der Waals surface area (Å²) in [6, 6.07) is 4.29. The number of ether oxygens (including phenoxy) is 1. The molecule has 1 aromatic carbocycles. The van der Waals surface area contributed by atoms with Crippen LogP contribution in [0.25, 0.3) is 0 Å². The Morgan fingerprint density at radius 2 is 1.81 bits per heavy atom. The molecule has 0 amide bonds. The highest BCUT2D eigenvalue weighted by Crippen LogP contribution is 2.30. The maximum atomic E-state index is 12.3. The van der Waals surface area contributed by atoms with E-state index in [1.165, 1.54) is 12.1 Å². The number of halogens is 6. The van der Waals surface area contributed by atoms with Gasteiger partial charge in [0.2, 0.25) is 0 Å². The van der Waals surface area contributed by atoms with E-state index in [1.54, 1.807) is 6.92 Å². The molecule has 0 fully saturated rings. The van der Waals surface area contributed by atoms with Gasteiger partial charge in [-0.1, -0.05) is 19.1 Å². The van der Waals surface area contributed by atoms with Crippen molar-refractivity contribution in [2.75, 3.05) is 6.54 Å². The maximum Gasteiger partial charge on any atom is 0.573 e. The standard InChI is InChI=1S/C13H15F6NO/c1-2-20-11(6-7-12(14,15)16)9-4-3-5-10(8-9)21-13(17,18)19/h3-5,8,11,20H,2,6-7H2,1H3. The smallest absolute Gasteiger partial charge is 0.406 e. The number of hydrogen-bond donors (Lipinski definition) is 1. The Morgan fingerprint density at radius 1 is 1.14 bits per heavy atom. The van der Waals surface area contributed by atoms with Crippen molar-refractivity contribution in [3.63, 3.8) is 0 Å². The van der Waals surface area contributed by atoms with Gasteiger partial charge in [-0.05, 0) is 30.7 Å². The summed E-state index contributed by atoms with van der Waals surface area (Å²) < 4.78 is 77.0. The lowest BCUT2D eigenvalue weighted by atomic mass is 10.0. The fraction of sp³-hybridized carbons (Fsp3) is 0.538. The first-order valence-electron chi connectivity index (χ1n) is 6.26. The zero-order valence-electron chi connectivity index (χ0n) is 11.2. The quantitative estimate of drug-likeness (QED) is 0.776. The van der Waals surface area contributed by atoms with Gasteiger partial charge in [0.25, 0.3) is 0 Å². The summed E-state index contributed by atoms with van der Waals surface area (Å²) >= 11 is 0. The Morgan fingerprint density at radius 3 is 2.33 bits per heavy atom. The molecule has 0 aliphatic rings. The Kier molecular flexibility index (Phi) is 5.88. The predicted octanol–water partition coefficient (Wildman–Crippen LogP) is 4.58. The Labute approximate surface area is 118 Å². The number of rotatable bonds is 6. The van der Waals surface area contributed by atoms with Crippen molar-refractivity contribution in [2.45, 2.75) is 38.3 Å². The van der Waals surface area contributed by atoms with E-state index in [1.807, 2.05) is 0 Å². The van der Waals surface area contributed by atoms with Gasteiger partial charge in [-0.3, -0.25) is 0 Å². The third-order valence-corrected chi connectivity index (χ3v) is 2.66. The minimum absolute atomic E-state index is 0.257. The van der Waals surface area contributed by atoms with Crippen molar-refractivity contribution in [2.24, 2.45) is 0 Å². The molecule has 0 radical (unpaired) electrons. The number of hydrogen-bond acceptors (Lipinski definition) is 2. The van der Waals surface area contributed by atoms with E-state index in [0.29, 0.717) is 12.1 Å². The summed E-state index contributed by atoms with van der Waals surface area (Å²) in [4.78, 5) is 0. The van der Waals surface area contributed by atoms with Crippen LogP contribution in [0.2, 0.25) is 0 Å². The van der Waals surface area contributed by atoms with Crippen LogP contribution in [-0.4, -0.2) is 19.1 Å². The SMILES string of the molecule is CCNC(CCC(F)(F)F)c1cccc(OC(F)(F)F)c1. The van der Waals surface area contributed by atoms with E-state index in [2.05, 4.69) is 10.1 Å². The number of nitrogens with one attached hydrogen (secondary N) is 1. The van der Waals surface area contributed by atoms with Crippen LogP contribution < -0.4 is 10.1 Å². The van der Waals surface area contributed by atoms with Crippen molar-refractivity contribution in [1.29, 1.82) is 0 Å². The van der Waals surface area contributed by atoms with Gasteiger partial charge in [0.15, 0.2) is 0 Å². The fourth-order valence-electron chi connectivity index (χ4n) is 1.87. The maximum absolute atomic E-state index is 12.3. The highest BCUT2D eigenvalue weighted by Gasteiger charge is 2.32. The summed E-state index contributed by atoms with van der Waals surface area (Å²) in [5, 5.41) is 2.82. The lowest BCUT2D eigenvalue weighted by Crippen LogP contribution is -2.23. The van der Waals surface area contributed by atoms with Crippen LogP contribution >= 0.6 is 0 Å². The average Bonchev–Trinajstić information content (AvgIpc) is 2.31. The topological polar surface area (TPSA) is 21.3 Å². The largest absolute Gasteiger partial charge is 0.573 e. The van der Waals surface area contributed by atoms with Gasteiger partial charge in [0, 0.05) is 12.5 Å². The second-order valence-electron chi connectivity index (χ2n) is 4.38. The van der Waals surface area contributed by atoms with E-state index in [-0.39, 0.29) is 6.42 Å². The molecule has 1 aromatic rings. The molecule has 0 saturated carbocycles. The first-order chi connectivity index (χ1) is 9.61. The molecular weight excluding hydrogens is 300 g/mol. The fourth-order valence-corrected chi connectivity index (χ4v) is 1.87. The van der Waals surface area contributed by atoms with Crippen LogP contribution in [0.4, 0.5) is 26.3 Å². The molecule has 0 aliphatic carbocycles. The van der Waals surface area contributed by atoms with Gasteiger partial charge in [0.05, 0.1) is 0 Å². The van der Waals surface area contributed by atoms with Crippen molar-refractivity contribution < 1.29 is 31.1 Å². The molecular formula is C13H15F6NO. The molecule has 8 heteroatoms. The zero-order valence-corrected chi connectivity index (χ0v) is 11.2. The Hall–Kier alpha value is -1.44. The zero-order chi connectivity index (χ0) is 16.1. The summed E-state index contributed by atoms with van der Waals surface area (Å²) in [5.74, 6) is -0.449. The second kappa shape index (κ2) is 7.02. The number of benzene rings is 1. The van der Waals surface area contributed by atoms with E-state index in [9.17, 15) is 26.3 Å². The molecule has 0 spiro atoms. The molecule has 0 aliphatic heterocycles. The van der Waals surface area contributed by atoms with E-state index < -0.39 is 30.8 Å². The van der Waals surface area contributed by atoms with Gasteiger partial charge in [-0.15, -0.1) is 13.2 Å². The molecule has 1 unspecified atom stereocenters. The van der Waals surface area contributed by atoms with E-state index in [4.69, 9.17) is 0 Å². The van der Waals surface area contributed by atoms with E-state index in [0.717, 1.165) is 12.1 Å². The van der Waals surface area contributed by atoms with Gasteiger partial charge in [-0.2, -0.15) is 13.2 Å². The summed E-state index contributed by atoms with van der Waals surface area (Å²) in [5.41, 5.74) is 0.322. The molecule has 1 rings (SSSR count). The summed E-state index contributed by atoms with van der Waals surface area (Å²) in [6.45, 7) is 2.10. The lowest BCUT2D eigenvalue weighted by molar-refractivity contribution is -0.274. The van der Waals surface area contributed by atoms with Gasteiger partial charge in [-0.25, -0.2) is 0 Å². The van der Waals surface area contributed by atoms with Crippen LogP contribution in [0.5, 0.6) is 5.75 Å². The molecule has 1 atom stereocenters. The molecule has 0 bridgehead atoms. The third-order valence-electron chi connectivity index (χ3n) is 2.66. The minimum Gasteiger partial charge on any atom is -0.406 e. The molecule has 0 aromatic heterocycles. The van der Waals surface area contributed by atoms with E-state index >= 15 is 0 Å². The minimum atomic E-state index is -4.84. The van der Waals surface area contributed by atoms with Gasteiger partial charge in [0.1, 0.15) is 5.75 Å².